The van der Waals surface area contributed by atoms with Crippen LogP contribution in [0.15, 0.2) is 64.8 Å². The van der Waals surface area contributed by atoms with Crippen LogP contribution >= 0.6 is 0 Å². The lowest BCUT2D eigenvalue weighted by Gasteiger charge is -2.09. The molecule has 0 bridgehead atoms. The zero-order valence-electron chi connectivity index (χ0n) is 16.6. The van der Waals surface area contributed by atoms with Gasteiger partial charge in [0.2, 0.25) is 0 Å². The normalized spacial score (nSPS) is 11.7. The highest BCUT2D eigenvalue weighted by atomic mass is 15.1. The number of benzene rings is 4. The van der Waals surface area contributed by atoms with E-state index in [1.807, 2.05) is 6.07 Å². The van der Waals surface area contributed by atoms with E-state index >= 15 is 0 Å². The van der Waals surface area contributed by atoms with Crippen molar-refractivity contribution in [2.24, 2.45) is 10.2 Å². The Hall–Kier alpha value is -3.00. The smallest absolute Gasteiger partial charge is 0.0964 e. The third-order valence-corrected chi connectivity index (χ3v) is 5.21. The van der Waals surface area contributed by atoms with Gasteiger partial charge in [0.05, 0.1) is 11.4 Å². The number of rotatable bonds is 2. The summed E-state index contributed by atoms with van der Waals surface area (Å²) < 4.78 is 0. The van der Waals surface area contributed by atoms with Gasteiger partial charge in [-0.05, 0) is 85.7 Å². The van der Waals surface area contributed by atoms with E-state index in [4.69, 9.17) is 0 Å². The second kappa shape index (κ2) is 6.62. The first kappa shape index (κ1) is 17.4. The molecule has 0 unspecified atom stereocenters. The predicted octanol–water partition coefficient (Wildman–Crippen LogP) is 7.95. The van der Waals surface area contributed by atoms with Gasteiger partial charge in [-0.25, -0.2) is 0 Å². The molecule has 0 amide bonds. The maximum atomic E-state index is 4.66. The molecule has 27 heavy (non-hydrogen) atoms. The van der Waals surface area contributed by atoms with E-state index in [1.165, 1.54) is 43.8 Å². The number of fused-ring (bicyclic) bond motifs is 2. The van der Waals surface area contributed by atoms with Crippen molar-refractivity contribution in [3.63, 3.8) is 0 Å². The van der Waals surface area contributed by atoms with Crippen molar-refractivity contribution in [1.29, 1.82) is 0 Å². The van der Waals surface area contributed by atoms with Crippen molar-refractivity contribution in [3.05, 3.63) is 82.4 Å². The number of hydrogen-bond donors (Lipinski definition) is 0. The zero-order chi connectivity index (χ0) is 19.1. The molecule has 0 spiro atoms. The summed E-state index contributed by atoms with van der Waals surface area (Å²) in [6.07, 6.45) is 0. The van der Waals surface area contributed by atoms with Gasteiger partial charge in [0.25, 0.3) is 0 Å². The molecule has 0 aliphatic heterocycles. The number of aryl methyl sites for hydroxylation is 5. The van der Waals surface area contributed by atoms with Crippen LogP contribution in [0.2, 0.25) is 0 Å². The average molecular weight is 352 g/mol. The van der Waals surface area contributed by atoms with Crippen LogP contribution in [0.1, 0.15) is 27.8 Å². The number of nitrogens with zero attached hydrogens (tertiary/aromatic N) is 2. The molecule has 0 aromatic heterocycles. The van der Waals surface area contributed by atoms with Crippen molar-refractivity contribution < 1.29 is 0 Å². The Kier molecular flexibility index (Phi) is 4.27. The lowest BCUT2D eigenvalue weighted by atomic mass is 9.99. The molecule has 134 valence electrons. The Bertz CT molecular complexity index is 1220. The Balaban J connectivity index is 1.83. The van der Waals surface area contributed by atoms with Crippen LogP contribution in [0.5, 0.6) is 0 Å². The first-order valence-electron chi connectivity index (χ1n) is 9.36. The maximum Gasteiger partial charge on any atom is 0.0964 e. The second-order valence-electron chi connectivity index (χ2n) is 7.60. The van der Waals surface area contributed by atoms with E-state index in [0.717, 1.165) is 16.9 Å². The van der Waals surface area contributed by atoms with Gasteiger partial charge >= 0.3 is 0 Å². The van der Waals surface area contributed by atoms with E-state index in [0.29, 0.717) is 0 Å². The van der Waals surface area contributed by atoms with Crippen LogP contribution < -0.4 is 0 Å². The zero-order valence-corrected chi connectivity index (χ0v) is 16.6. The van der Waals surface area contributed by atoms with Gasteiger partial charge in [-0.1, -0.05) is 47.5 Å². The van der Waals surface area contributed by atoms with Crippen LogP contribution in [0, 0.1) is 34.6 Å². The Morgan fingerprint density at radius 3 is 1.96 bits per heavy atom. The molecule has 4 aromatic rings. The van der Waals surface area contributed by atoms with Gasteiger partial charge in [-0.15, -0.1) is 5.11 Å². The van der Waals surface area contributed by atoms with Crippen molar-refractivity contribution in [3.8, 4) is 0 Å². The summed E-state index contributed by atoms with van der Waals surface area (Å²) >= 11 is 0. The highest BCUT2D eigenvalue weighted by Gasteiger charge is 2.07. The minimum Gasteiger partial charge on any atom is -0.151 e. The van der Waals surface area contributed by atoms with Gasteiger partial charge in [-0.2, -0.15) is 5.11 Å². The van der Waals surface area contributed by atoms with Crippen LogP contribution in [0.4, 0.5) is 11.4 Å². The molecular formula is C25H24N2. The molecule has 0 N–H and O–H groups in total. The first-order valence-corrected chi connectivity index (χ1v) is 9.36. The van der Waals surface area contributed by atoms with Crippen molar-refractivity contribution in [2.75, 3.05) is 0 Å². The standard InChI is InChI=1S/C25H24N2/c1-15-10-18(4)22-9-7-21(14-20(22)12-15)26-27-25-17(3)6-8-23-19(5)11-16(2)13-24(23)25/h6-14H,1-5H3. The quantitative estimate of drug-likeness (QED) is 0.327. The molecule has 4 rings (SSSR count). The van der Waals surface area contributed by atoms with Crippen molar-refractivity contribution >= 4 is 32.9 Å². The number of azo groups is 1. The largest absolute Gasteiger partial charge is 0.151 e. The number of hydrogen-bond acceptors (Lipinski definition) is 2. The average Bonchev–Trinajstić information content (AvgIpc) is 2.60. The molecular weight excluding hydrogens is 328 g/mol. The molecule has 0 saturated carbocycles. The van der Waals surface area contributed by atoms with E-state index in [2.05, 4.69) is 93.4 Å². The molecule has 2 nitrogen and oxygen atoms in total. The third kappa shape index (κ3) is 3.23. The Morgan fingerprint density at radius 2 is 1.19 bits per heavy atom. The minimum absolute atomic E-state index is 0.883. The second-order valence-corrected chi connectivity index (χ2v) is 7.60. The summed E-state index contributed by atoms with van der Waals surface area (Å²) in [5, 5.41) is 14.1. The van der Waals surface area contributed by atoms with E-state index in [-0.39, 0.29) is 0 Å². The summed E-state index contributed by atoms with van der Waals surface area (Å²) in [6, 6.07) is 19.5. The SMILES string of the molecule is Cc1cc(C)c2ccc(N=Nc3c(C)ccc4c(C)cc(C)cc34)cc2c1. The van der Waals surface area contributed by atoms with Crippen molar-refractivity contribution in [1.82, 2.24) is 0 Å². The summed E-state index contributed by atoms with van der Waals surface area (Å²) in [7, 11) is 0. The van der Waals surface area contributed by atoms with Crippen LogP contribution in [0.3, 0.4) is 0 Å². The minimum atomic E-state index is 0.883. The van der Waals surface area contributed by atoms with Gasteiger partial charge in [0.1, 0.15) is 0 Å². The Morgan fingerprint density at radius 1 is 0.519 bits per heavy atom. The van der Waals surface area contributed by atoms with Gasteiger partial charge in [0.15, 0.2) is 0 Å². The molecule has 0 aliphatic carbocycles. The van der Waals surface area contributed by atoms with Gasteiger partial charge < -0.3 is 0 Å². The van der Waals surface area contributed by atoms with Gasteiger partial charge in [-0.3, -0.25) is 0 Å². The van der Waals surface area contributed by atoms with Gasteiger partial charge in [0, 0.05) is 5.39 Å². The van der Waals surface area contributed by atoms with Crippen LogP contribution in [-0.2, 0) is 0 Å². The molecule has 0 aliphatic rings. The molecule has 0 radical (unpaired) electrons. The molecule has 0 heterocycles. The summed E-state index contributed by atoms with van der Waals surface area (Å²) in [5.74, 6) is 0. The fourth-order valence-corrected chi connectivity index (χ4v) is 3.93. The van der Waals surface area contributed by atoms with Crippen LogP contribution in [0.25, 0.3) is 21.5 Å². The van der Waals surface area contributed by atoms with E-state index < -0.39 is 0 Å². The van der Waals surface area contributed by atoms with Crippen LogP contribution in [-0.4, -0.2) is 0 Å². The molecule has 0 saturated heterocycles. The monoisotopic (exact) mass is 352 g/mol. The topological polar surface area (TPSA) is 24.7 Å². The fourth-order valence-electron chi connectivity index (χ4n) is 3.93. The highest BCUT2D eigenvalue weighted by Crippen LogP contribution is 2.34. The highest BCUT2D eigenvalue weighted by molar-refractivity contribution is 5.96. The third-order valence-electron chi connectivity index (χ3n) is 5.21. The maximum absolute atomic E-state index is 4.66. The summed E-state index contributed by atoms with van der Waals surface area (Å²) in [5.41, 5.74) is 8.07. The Labute approximate surface area is 160 Å². The lowest BCUT2D eigenvalue weighted by Crippen LogP contribution is -1.85. The van der Waals surface area contributed by atoms with E-state index in [9.17, 15) is 0 Å². The fraction of sp³-hybridized carbons (Fsp3) is 0.200. The molecule has 0 atom stereocenters. The predicted molar refractivity (Wildman–Crippen MR) is 116 cm³/mol. The molecule has 4 aromatic carbocycles. The first-order chi connectivity index (χ1) is 12.9. The van der Waals surface area contributed by atoms with Crippen molar-refractivity contribution in [2.45, 2.75) is 34.6 Å². The lowest BCUT2D eigenvalue weighted by molar-refractivity contribution is 1.22. The molecule has 2 heteroatoms. The summed E-state index contributed by atoms with van der Waals surface area (Å²) in [4.78, 5) is 0. The summed E-state index contributed by atoms with van der Waals surface area (Å²) in [6.45, 7) is 10.7. The van der Waals surface area contributed by atoms with E-state index in [1.54, 1.807) is 0 Å². The molecule has 0 fully saturated rings.